The van der Waals surface area contributed by atoms with Gasteiger partial charge in [-0.05, 0) is 48.4 Å². The number of likely N-dealkylation sites (tertiary alicyclic amines) is 1. The molecule has 1 fully saturated rings. The van der Waals surface area contributed by atoms with Crippen LogP contribution in [-0.4, -0.2) is 23.4 Å². The Balaban J connectivity index is 2.34. The molecule has 1 aliphatic rings. The lowest BCUT2D eigenvalue weighted by atomic mass is 10.1. The first kappa shape index (κ1) is 12.7. The maximum atomic E-state index is 13.6. The van der Waals surface area contributed by atoms with Crippen LogP contribution in [0.15, 0.2) is 12.1 Å². The standard InChI is InChI=1S/C12H12F2INO/c1-7-3-2-4-16(7)12(17)8-5-11(15)10(14)6-9(8)13/h5-7H,2-4H2,1H3/t7-/m1/s1. The maximum absolute atomic E-state index is 13.6. The van der Waals surface area contributed by atoms with Crippen LogP contribution >= 0.6 is 22.6 Å². The minimum absolute atomic E-state index is 0.0375. The smallest absolute Gasteiger partial charge is 0.257 e. The molecule has 0 aromatic heterocycles. The number of carbonyl (C=O) groups excluding carboxylic acids is 1. The van der Waals surface area contributed by atoms with Crippen molar-refractivity contribution in [3.05, 3.63) is 32.9 Å². The molecule has 2 rings (SSSR count). The molecule has 0 bridgehead atoms. The third kappa shape index (κ3) is 2.43. The van der Waals surface area contributed by atoms with Crippen molar-refractivity contribution < 1.29 is 13.6 Å². The lowest BCUT2D eigenvalue weighted by Gasteiger charge is -2.21. The molecule has 0 radical (unpaired) electrons. The van der Waals surface area contributed by atoms with Gasteiger partial charge in [0.05, 0.1) is 5.56 Å². The van der Waals surface area contributed by atoms with E-state index in [1.807, 2.05) is 6.92 Å². The summed E-state index contributed by atoms with van der Waals surface area (Å²) in [6.45, 7) is 2.59. The van der Waals surface area contributed by atoms with Gasteiger partial charge in [0.15, 0.2) is 0 Å². The summed E-state index contributed by atoms with van der Waals surface area (Å²) in [7, 11) is 0. The SMILES string of the molecule is C[C@@H]1CCCN1C(=O)c1cc(I)c(F)cc1F. The quantitative estimate of drug-likeness (QED) is 0.562. The number of carbonyl (C=O) groups is 1. The molecular weight excluding hydrogens is 339 g/mol. The van der Waals surface area contributed by atoms with E-state index >= 15 is 0 Å². The third-order valence-corrected chi connectivity index (χ3v) is 3.88. The average Bonchev–Trinajstić information content (AvgIpc) is 2.69. The molecule has 1 aromatic rings. The summed E-state index contributed by atoms with van der Waals surface area (Å²) in [6, 6.07) is 2.18. The molecule has 1 atom stereocenters. The Morgan fingerprint density at radius 3 is 2.71 bits per heavy atom. The molecule has 1 aliphatic heterocycles. The Morgan fingerprint density at radius 1 is 1.41 bits per heavy atom. The number of benzene rings is 1. The molecule has 0 unspecified atom stereocenters. The van der Waals surface area contributed by atoms with Crippen LogP contribution in [0.1, 0.15) is 30.1 Å². The molecule has 0 N–H and O–H groups in total. The highest BCUT2D eigenvalue weighted by molar-refractivity contribution is 14.1. The van der Waals surface area contributed by atoms with Crippen LogP contribution in [-0.2, 0) is 0 Å². The van der Waals surface area contributed by atoms with E-state index in [2.05, 4.69) is 0 Å². The summed E-state index contributed by atoms with van der Waals surface area (Å²) in [5, 5.41) is 0. The van der Waals surface area contributed by atoms with Gasteiger partial charge in [-0.15, -0.1) is 0 Å². The number of rotatable bonds is 1. The van der Waals surface area contributed by atoms with Crippen LogP contribution in [0.25, 0.3) is 0 Å². The van der Waals surface area contributed by atoms with Gasteiger partial charge in [-0.3, -0.25) is 4.79 Å². The highest BCUT2D eigenvalue weighted by Crippen LogP contribution is 2.23. The van der Waals surface area contributed by atoms with Crippen molar-refractivity contribution in [2.45, 2.75) is 25.8 Å². The fraction of sp³-hybridized carbons (Fsp3) is 0.417. The predicted molar refractivity (Wildman–Crippen MR) is 68.8 cm³/mol. The number of halogens is 3. The normalized spacial score (nSPS) is 19.8. The Morgan fingerprint density at radius 2 is 2.12 bits per heavy atom. The topological polar surface area (TPSA) is 20.3 Å². The Hall–Kier alpha value is -0.720. The molecule has 5 heteroatoms. The maximum Gasteiger partial charge on any atom is 0.257 e. The molecular formula is C12H12F2INO. The van der Waals surface area contributed by atoms with Crippen LogP contribution in [0.3, 0.4) is 0 Å². The molecule has 0 aliphatic carbocycles. The zero-order chi connectivity index (χ0) is 12.6. The van der Waals surface area contributed by atoms with E-state index < -0.39 is 11.6 Å². The fourth-order valence-corrected chi connectivity index (χ4v) is 2.54. The summed E-state index contributed by atoms with van der Waals surface area (Å²) in [4.78, 5) is 13.7. The molecule has 1 amide bonds. The van der Waals surface area contributed by atoms with E-state index in [4.69, 9.17) is 0 Å². The van der Waals surface area contributed by atoms with Crippen LogP contribution in [0.5, 0.6) is 0 Å². The second-order valence-electron chi connectivity index (χ2n) is 4.24. The third-order valence-electron chi connectivity index (χ3n) is 3.05. The molecule has 2 nitrogen and oxygen atoms in total. The molecule has 0 saturated carbocycles. The van der Waals surface area contributed by atoms with E-state index in [1.165, 1.54) is 6.07 Å². The van der Waals surface area contributed by atoms with Gasteiger partial charge in [0, 0.05) is 22.2 Å². The Bertz CT molecular complexity index is 464. The van der Waals surface area contributed by atoms with E-state index in [1.54, 1.807) is 27.5 Å². The molecule has 17 heavy (non-hydrogen) atoms. The van der Waals surface area contributed by atoms with Crippen LogP contribution in [0.2, 0.25) is 0 Å². The van der Waals surface area contributed by atoms with Gasteiger partial charge in [0.2, 0.25) is 0 Å². The fourth-order valence-electron chi connectivity index (χ4n) is 2.08. The van der Waals surface area contributed by atoms with E-state index in [0.717, 1.165) is 18.9 Å². The molecule has 0 spiro atoms. The predicted octanol–water partition coefficient (Wildman–Crippen LogP) is 3.19. The second kappa shape index (κ2) is 4.88. The van der Waals surface area contributed by atoms with Crippen LogP contribution in [0, 0.1) is 15.2 Å². The number of hydrogen-bond donors (Lipinski definition) is 0. The van der Waals surface area contributed by atoms with Gasteiger partial charge in [0.1, 0.15) is 11.6 Å². The Kier molecular flexibility index (Phi) is 3.65. The van der Waals surface area contributed by atoms with Crippen molar-refractivity contribution >= 4 is 28.5 Å². The van der Waals surface area contributed by atoms with Gasteiger partial charge in [0.25, 0.3) is 5.91 Å². The van der Waals surface area contributed by atoms with Crippen LogP contribution < -0.4 is 0 Å². The van der Waals surface area contributed by atoms with E-state index in [-0.39, 0.29) is 21.1 Å². The Labute approximate surface area is 112 Å². The highest BCUT2D eigenvalue weighted by atomic mass is 127. The lowest BCUT2D eigenvalue weighted by molar-refractivity contribution is 0.0742. The molecule has 92 valence electrons. The summed E-state index contributed by atoms with van der Waals surface area (Å²) in [5.41, 5.74) is -0.0375. The number of nitrogens with zero attached hydrogens (tertiary/aromatic N) is 1. The summed E-state index contributed by atoms with van der Waals surface area (Å²) in [5.74, 6) is -1.76. The first-order chi connectivity index (χ1) is 8.00. The largest absolute Gasteiger partial charge is 0.336 e. The summed E-state index contributed by atoms with van der Waals surface area (Å²) < 4.78 is 26.9. The molecule has 1 saturated heterocycles. The van der Waals surface area contributed by atoms with Gasteiger partial charge in [-0.2, -0.15) is 0 Å². The van der Waals surface area contributed by atoms with Gasteiger partial charge in [-0.1, -0.05) is 0 Å². The average molecular weight is 351 g/mol. The molecule has 1 heterocycles. The minimum Gasteiger partial charge on any atom is -0.336 e. The van der Waals surface area contributed by atoms with Crippen molar-refractivity contribution in [3.63, 3.8) is 0 Å². The number of hydrogen-bond acceptors (Lipinski definition) is 1. The van der Waals surface area contributed by atoms with Crippen LogP contribution in [0.4, 0.5) is 8.78 Å². The lowest BCUT2D eigenvalue weighted by Crippen LogP contribution is -2.34. The van der Waals surface area contributed by atoms with Gasteiger partial charge < -0.3 is 4.90 Å². The van der Waals surface area contributed by atoms with Crippen molar-refractivity contribution in [1.82, 2.24) is 4.90 Å². The minimum atomic E-state index is -0.785. The van der Waals surface area contributed by atoms with Crippen molar-refractivity contribution in [1.29, 1.82) is 0 Å². The van der Waals surface area contributed by atoms with Crippen molar-refractivity contribution in [2.75, 3.05) is 6.54 Å². The zero-order valence-electron chi connectivity index (χ0n) is 9.34. The summed E-state index contributed by atoms with van der Waals surface area (Å²) in [6.07, 6.45) is 1.87. The second-order valence-corrected chi connectivity index (χ2v) is 5.40. The van der Waals surface area contributed by atoms with Gasteiger partial charge in [-0.25, -0.2) is 8.78 Å². The van der Waals surface area contributed by atoms with Crippen molar-refractivity contribution in [3.8, 4) is 0 Å². The van der Waals surface area contributed by atoms with E-state index in [9.17, 15) is 13.6 Å². The molecule has 1 aromatic carbocycles. The first-order valence-electron chi connectivity index (χ1n) is 5.46. The zero-order valence-corrected chi connectivity index (χ0v) is 11.5. The highest BCUT2D eigenvalue weighted by Gasteiger charge is 2.28. The first-order valence-corrected chi connectivity index (χ1v) is 6.54. The van der Waals surface area contributed by atoms with Crippen molar-refractivity contribution in [2.24, 2.45) is 0 Å². The number of amides is 1. The monoisotopic (exact) mass is 351 g/mol. The van der Waals surface area contributed by atoms with Gasteiger partial charge >= 0.3 is 0 Å². The summed E-state index contributed by atoms with van der Waals surface area (Å²) >= 11 is 1.76. The van der Waals surface area contributed by atoms with E-state index in [0.29, 0.717) is 6.54 Å².